The van der Waals surface area contributed by atoms with Crippen molar-refractivity contribution >= 4 is 35.1 Å². The van der Waals surface area contributed by atoms with E-state index in [1.807, 2.05) is 0 Å². The largest absolute Gasteiger partial charge is 0.486 e. The van der Waals surface area contributed by atoms with Gasteiger partial charge in [0.15, 0.2) is 5.60 Å². The molecule has 102 valence electrons. The summed E-state index contributed by atoms with van der Waals surface area (Å²) in [6.07, 6.45) is 0. The Balaban J connectivity index is 3.25. The monoisotopic (exact) mass is 296 g/mol. The lowest BCUT2D eigenvalue weighted by Gasteiger charge is -2.24. The molecule has 7 heteroatoms. The van der Waals surface area contributed by atoms with E-state index in [0.717, 1.165) is 0 Å². The van der Waals surface area contributed by atoms with Gasteiger partial charge in [0.05, 0.1) is 25.0 Å². The van der Waals surface area contributed by atoms with Crippen LogP contribution in [0, 0.1) is 0 Å². The van der Waals surface area contributed by atoms with Crippen LogP contribution in [0.3, 0.4) is 0 Å². The summed E-state index contributed by atoms with van der Waals surface area (Å²) < 4.78 is 15.1. The Morgan fingerprint density at radius 3 is 2.33 bits per heavy atom. The van der Waals surface area contributed by atoms with Crippen molar-refractivity contribution in [1.29, 1.82) is 0 Å². The van der Waals surface area contributed by atoms with Gasteiger partial charge in [-0.1, -0.05) is 0 Å². The van der Waals surface area contributed by atoms with Crippen molar-refractivity contribution < 1.29 is 23.8 Å². The van der Waals surface area contributed by atoms with Crippen molar-refractivity contribution in [2.45, 2.75) is 19.4 Å². The first-order valence-corrected chi connectivity index (χ1v) is 6.53. The predicted octanol–water partition coefficient (Wildman–Crippen LogP) is 1.61. The molecule has 0 saturated carbocycles. The summed E-state index contributed by atoms with van der Waals surface area (Å²) in [5, 5.41) is 0. The van der Waals surface area contributed by atoms with Crippen molar-refractivity contribution in [3.8, 4) is 0 Å². The second kappa shape index (κ2) is 6.29. The summed E-state index contributed by atoms with van der Waals surface area (Å²) in [5.74, 6) is -1.91. The molecule has 0 bridgehead atoms. The van der Waals surface area contributed by atoms with E-state index in [1.54, 1.807) is 13.8 Å². The maximum atomic E-state index is 11.9. The van der Waals surface area contributed by atoms with Gasteiger partial charge < -0.3 is 14.2 Å². The molecule has 0 aromatic carbocycles. The van der Waals surface area contributed by atoms with Crippen LogP contribution in [0.4, 0.5) is 0 Å². The van der Waals surface area contributed by atoms with Gasteiger partial charge in [0.1, 0.15) is 5.57 Å². The number of halogens is 2. The van der Waals surface area contributed by atoms with E-state index in [-0.39, 0.29) is 36.3 Å². The zero-order valence-corrected chi connectivity index (χ0v) is 11.6. The second-order valence-electron chi connectivity index (χ2n) is 3.51. The zero-order chi connectivity index (χ0) is 13.8. The fourth-order valence-corrected chi connectivity index (χ4v) is 2.23. The highest BCUT2D eigenvalue weighted by Crippen LogP contribution is 2.36. The Kier molecular flexibility index (Phi) is 5.28. The molecule has 0 unspecified atom stereocenters. The maximum absolute atomic E-state index is 11.9. The highest BCUT2D eigenvalue weighted by molar-refractivity contribution is 6.24. The van der Waals surface area contributed by atoms with Crippen LogP contribution in [-0.2, 0) is 23.8 Å². The van der Waals surface area contributed by atoms with E-state index in [2.05, 4.69) is 0 Å². The van der Waals surface area contributed by atoms with Crippen molar-refractivity contribution in [3.05, 3.63) is 11.3 Å². The summed E-state index contributed by atoms with van der Waals surface area (Å²) in [4.78, 5) is 23.6. The van der Waals surface area contributed by atoms with Crippen molar-refractivity contribution in [1.82, 2.24) is 0 Å². The normalized spacial score (nSPS) is 17.7. The van der Waals surface area contributed by atoms with E-state index >= 15 is 0 Å². The van der Waals surface area contributed by atoms with Gasteiger partial charge in [-0.2, -0.15) is 0 Å². The van der Waals surface area contributed by atoms with Crippen molar-refractivity contribution in [3.63, 3.8) is 0 Å². The van der Waals surface area contributed by atoms with Gasteiger partial charge in [-0.3, -0.25) is 0 Å². The SMILES string of the molecule is CCOC(=O)C1=C(OCC)C(=O)OC1(CCl)CCl. The van der Waals surface area contributed by atoms with E-state index in [9.17, 15) is 9.59 Å². The summed E-state index contributed by atoms with van der Waals surface area (Å²) in [5.41, 5.74) is -1.42. The first-order valence-electron chi connectivity index (χ1n) is 5.46. The predicted molar refractivity (Wildman–Crippen MR) is 65.5 cm³/mol. The molecule has 1 aliphatic rings. The van der Waals surface area contributed by atoms with Crippen LogP contribution >= 0.6 is 23.2 Å². The Bertz CT molecular complexity index is 374. The topological polar surface area (TPSA) is 61.8 Å². The minimum Gasteiger partial charge on any atom is -0.486 e. The van der Waals surface area contributed by atoms with Crippen molar-refractivity contribution in [2.24, 2.45) is 0 Å². The molecule has 0 aromatic rings. The smallest absolute Gasteiger partial charge is 0.375 e. The molecule has 1 aliphatic heterocycles. The van der Waals surface area contributed by atoms with Crippen LogP contribution in [-0.4, -0.2) is 42.5 Å². The number of hydrogen-bond acceptors (Lipinski definition) is 5. The fraction of sp³-hybridized carbons (Fsp3) is 0.636. The summed E-state index contributed by atoms with van der Waals surface area (Å²) >= 11 is 11.6. The maximum Gasteiger partial charge on any atom is 0.375 e. The number of hydrogen-bond donors (Lipinski definition) is 0. The molecule has 5 nitrogen and oxygen atoms in total. The first kappa shape index (κ1) is 15.1. The molecule has 0 amide bonds. The van der Waals surface area contributed by atoms with E-state index in [0.29, 0.717) is 0 Å². The Morgan fingerprint density at radius 2 is 1.89 bits per heavy atom. The average molecular weight is 297 g/mol. The molecule has 0 spiro atoms. The Morgan fingerprint density at radius 1 is 1.28 bits per heavy atom. The average Bonchev–Trinajstić information content (AvgIpc) is 2.64. The number of cyclic esters (lactones) is 1. The molecule has 1 rings (SSSR count). The molecule has 0 saturated heterocycles. The van der Waals surface area contributed by atoms with Gasteiger partial charge in [0, 0.05) is 0 Å². The molecule has 0 fully saturated rings. The Hall–Kier alpha value is -0.940. The van der Waals surface area contributed by atoms with Gasteiger partial charge in [-0.15, -0.1) is 23.2 Å². The molecule has 0 aromatic heterocycles. The van der Waals surface area contributed by atoms with Crippen LogP contribution in [0.1, 0.15) is 13.8 Å². The van der Waals surface area contributed by atoms with Gasteiger partial charge in [0.2, 0.25) is 5.76 Å². The van der Waals surface area contributed by atoms with Crippen LogP contribution in [0.15, 0.2) is 11.3 Å². The van der Waals surface area contributed by atoms with E-state index in [4.69, 9.17) is 37.4 Å². The van der Waals surface area contributed by atoms with Gasteiger partial charge in [-0.05, 0) is 13.8 Å². The minimum absolute atomic E-state index is 0.0406. The molecule has 1 heterocycles. The third kappa shape index (κ3) is 2.57. The highest BCUT2D eigenvalue weighted by atomic mass is 35.5. The molecule has 0 radical (unpaired) electrons. The lowest BCUT2D eigenvalue weighted by molar-refractivity contribution is -0.148. The quantitative estimate of drug-likeness (QED) is 0.550. The third-order valence-electron chi connectivity index (χ3n) is 2.36. The highest BCUT2D eigenvalue weighted by Gasteiger charge is 2.52. The lowest BCUT2D eigenvalue weighted by atomic mass is 9.98. The molecule has 0 N–H and O–H groups in total. The number of esters is 2. The van der Waals surface area contributed by atoms with Crippen LogP contribution in [0.2, 0.25) is 0 Å². The van der Waals surface area contributed by atoms with Crippen LogP contribution in [0.5, 0.6) is 0 Å². The summed E-state index contributed by atoms with van der Waals surface area (Å²) in [7, 11) is 0. The first-order chi connectivity index (χ1) is 8.56. The fourth-order valence-electron chi connectivity index (χ4n) is 1.57. The van der Waals surface area contributed by atoms with E-state index in [1.165, 1.54) is 0 Å². The molecule has 18 heavy (non-hydrogen) atoms. The number of rotatable bonds is 6. The van der Waals surface area contributed by atoms with Crippen LogP contribution < -0.4 is 0 Å². The third-order valence-corrected chi connectivity index (χ3v) is 3.22. The minimum atomic E-state index is -1.38. The van der Waals surface area contributed by atoms with Crippen LogP contribution in [0.25, 0.3) is 0 Å². The van der Waals surface area contributed by atoms with Gasteiger partial charge >= 0.3 is 11.9 Å². The van der Waals surface area contributed by atoms with Gasteiger partial charge in [0.25, 0.3) is 0 Å². The lowest BCUT2D eigenvalue weighted by Crippen LogP contribution is -2.39. The number of ether oxygens (including phenoxy) is 3. The van der Waals surface area contributed by atoms with Gasteiger partial charge in [-0.25, -0.2) is 9.59 Å². The summed E-state index contributed by atoms with van der Waals surface area (Å²) in [6.45, 7) is 3.72. The Labute approximate surface area is 115 Å². The molecular formula is C11H14Cl2O5. The number of alkyl halides is 2. The number of carbonyl (C=O) groups is 2. The van der Waals surface area contributed by atoms with E-state index < -0.39 is 17.5 Å². The molecule has 0 aliphatic carbocycles. The summed E-state index contributed by atoms with van der Waals surface area (Å²) in [6, 6.07) is 0. The molecule has 0 atom stereocenters. The number of carbonyl (C=O) groups excluding carboxylic acids is 2. The molecular weight excluding hydrogens is 283 g/mol. The second-order valence-corrected chi connectivity index (χ2v) is 4.04. The van der Waals surface area contributed by atoms with Crippen molar-refractivity contribution in [2.75, 3.05) is 25.0 Å². The standard InChI is InChI=1S/C11H14Cl2O5/c1-3-16-8-7(9(14)17-4-2)11(5-12,6-13)18-10(8)15/h3-6H2,1-2H3. The zero-order valence-electron chi connectivity index (χ0n) is 10.1.